The zero-order valence-corrected chi connectivity index (χ0v) is 12.1. The van der Waals surface area contributed by atoms with Crippen molar-refractivity contribution in [3.05, 3.63) is 18.7 Å². The quantitative estimate of drug-likeness (QED) is 0.614. The van der Waals surface area contributed by atoms with E-state index in [9.17, 15) is 4.79 Å². The van der Waals surface area contributed by atoms with Gasteiger partial charge in [-0.05, 0) is 25.7 Å². The van der Waals surface area contributed by atoms with Crippen molar-refractivity contribution >= 4 is 5.91 Å². The number of nitrogens with zero attached hydrogens (tertiary/aromatic N) is 2. The van der Waals surface area contributed by atoms with Gasteiger partial charge in [-0.25, -0.2) is 4.98 Å². The first-order valence-electron chi connectivity index (χ1n) is 7.76. The normalized spacial score (nSPS) is 23.2. The second-order valence-corrected chi connectivity index (χ2v) is 5.71. The Labute approximate surface area is 120 Å². The molecule has 2 unspecified atom stereocenters. The summed E-state index contributed by atoms with van der Waals surface area (Å²) in [5.41, 5.74) is 6.10. The smallest absolute Gasteiger partial charge is 0.224 e. The van der Waals surface area contributed by atoms with Gasteiger partial charge in [0, 0.05) is 31.5 Å². The van der Waals surface area contributed by atoms with Crippen LogP contribution < -0.4 is 11.1 Å². The molecule has 1 aromatic heterocycles. The highest BCUT2D eigenvalue weighted by Crippen LogP contribution is 2.22. The summed E-state index contributed by atoms with van der Waals surface area (Å²) in [6.45, 7) is 1.70. The molecule has 0 radical (unpaired) electrons. The standard InChI is InChI=1S/C15H26N4O/c16-14-7-3-1-2-6-13(14)15(20)18-8-4-5-10-19-11-9-17-12-19/h9,11-14H,1-8,10,16H2,(H,18,20). The number of carbonyl (C=O) groups is 1. The van der Waals surface area contributed by atoms with Gasteiger partial charge in [0.1, 0.15) is 0 Å². The van der Waals surface area contributed by atoms with Crippen LogP contribution in [-0.2, 0) is 11.3 Å². The number of amides is 1. The maximum atomic E-state index is 12.1. The molecule has 1 saturated carbocycles. The molecule has 0 spiro atoms. The minimum atomic E-state index is 0.0196. The molecular formula is C15H26N4O. The molecule has 20 heavy (non-hydrogen) atoms. The predicted molar refractivity (Wildman–Crippen MR) is 79.0 cm³/mol. The minimum Gasteiger partial charge on any atom is -0.356 e. The zero-order valence-electron chi connectivity index (χ0n) is 12.1. The van der Waals surface area contributed by atoms with Gasteiger partial charge >= 0.3 is 0 Å². The first-order chi connectivity index (χ1) is 9.77. The van der Waals surface area contributed by atoms with Crippen LogP contribution in [0.25, 0.3) is 0 Å². The van der Waals surface area contributed by atoms with Crippen LogP contribution >= 0.6 is 0 Å². The number of rotatable bonds is 6. The Morgan fingerprint density at radius 1 is 1.30 bits per heavy atom. The van der Waals surface area contributed by atoms with Crippen LogP contribution in [0.1, 0.15) is 44.9 Å². The summed E-state index contributed by atoms with van der Waals surface area (Å²) < 4.78 is 2.06. The van der Waals surface area contributed by atoms with Gasteiger partial charge in [0.25, 0.3) is 0 Å². The Kier molecular flexibility index (Phi) is 6.05. The van der Waals surface area contributed by atoms with Crippen molar-refractivity contribution in [3.63, 3.8) is 0 Å². The lowest BCUT2D eigenvalue weighted by molar-refractivity contribution is -0.125. The van der Waals surface area contributed by atoms with Crippen molar-refractivity contribution in [2.45, 2.75) is 57.5 Å². The lowest BCUT2D eigenvalue weighted by Crippen LogP contribution is -2.41. The van der Waals surface area contributed by atoms with Gasteiger partial charge in [-0.3, -0.25) is 4.79 Å². The molecule has 0 aliphatic heterocycles. The summed E-state index contributed by atoms with van der Waals surface area (Å²) >= 11 is 0. The monoisotopic (exact) mass is 278 g/mol. The molecule has 2 atom stereocenters. The van der Waals surface area contributed by atoms with Crippen molar-refractivity contribution in [1.82, 2.24) is 14.9 Å². The molecule has 1 aliphatic rings. The van der Waals surface area contributed by atoms with Gasteiger partial charge in [0.15, 0.2) is 0 Å². The Morgan fingerprint density at radius 3 is 2.95 bits per heavy atom. The van der Waals surface area contributed by atoms with E-state index >= 15 is 0 Å². The number of hydrogen-bond donors (Lipinski definition) is 2. The number of imidazole rings is 1. The number of unbranched alkanes of at least 4 members (excludes halogenated alkanes) is 1. The predicted octanol–water partition coefficient (Wildman–Crippen LogP) is 1.69. The molecule has 3 N–H and O–H groups in total. The van der Waals surface area contributed by atoms with Gasteiger partial charge in [-0.1, -0.05) is 19.3 Å². The maximum absolute atomic E-state index is 12.1. The molecule has 112 valence electrons. The van der Waals surface area contributed by atoms with Gasteiger partial charge in [-0.15, -0.1) is 0 Å². The average Bonchev–Trinajstić information content (AvgIpc) is 2.86. The summed E-state index contributed by atoms with van der Waals surface area (Å²) in [6, 6.07) is 0.0449. The Morgan fingerprint density at radius 2 is 2.15 bits per heavy atom. The van der Waals surface area contributed by atoms with Gasteiger partial charge in [0.05, 0.1) is 12.2 Å². The number of aryl methyl sites for hydroxylation is 1. The highest BCUT2D eigenvalue weighted by Gasteiger charge is 2.26. The molecule has 1 aliphatic carbocycles. The van der Waals surface area contributed by atoms with E-state index in [2.05, 4.69) is 14.9 Å². The Bertz CT molecular complexity index is 391. The fourth-order valence-corrected chi connectivity index (χ4v) is 2.84. The van der Waals surface area contributed by atoms with Crippen molar-refractivity contribution in [1.29, 1.82) is 0 Å². The van der Waals surface area contributed by atoms with Crippen LogP contribution in [-0.4, -0.2) is 28.0 Å². The van der Waals surface area contributed by atoms with Crippen LogP contribution in [0.2, 0.25) is 0 Å². The zero-order chi connectivity index (χ0) is 14.2. The number of nitrogens with two attached hydrogens (primary N) is 1. The molecule has 1 fully saturated rings. The molecule has 2 rings (SSSR count). The van der Waals surface area contributed by atoms with E-state index in [4.69, 9.17) is 5.73 Å². The van der Waals surface area contributed by atoms with Crippen molar-refractivity contribution in [3.8, 4) is 0 Å². The Balaban J connectivity index is 1.61. The van der Waals surface area contributed by atoms with Crippen molar-refractivity contribution in [2.75, 3.05) is 6.54 Å². The summed E-state index contributed by atoms with van der Waals surface area (Å²) in [6.07, 6.45) is 13.0. The van der Waals surface area contributed by atoms with E-state index in [1.807, 2.05) is 12.5 Å². The highest BCUT2D eigenvalue weighted by molar-refractivity contribution is 5.79. The highest BCUT2D eigenvalue weighted by atomic mass is 16.1. The van der Waals surface area contributed by atoms with Crippen LogP contribution in [0.5, 0.6) is 0 Å². The van der Waals surface area contributed by atoms with Gasteiger partial charge < -0.3 is 15.6 Å². The Hall–Kier alpha value is -1.36. The maximum Gasteiger partial charge on any atom is 0.224 e. The fraction of sp³-hybridized carbons (Fsp3) is 0.733. The summed E-state index contributed by atoms with van der Waals surface area (Å²) in [5.74, 6) is 0.174. The summed E-state index contributed by atoms with van der Waals surface area (Å²) in [5, 5.41) is 3.05. The molecule has 0 bridgehead atoms. The second-order valence-electron chi connectivity index (χ2n) is 5.71. The third-order valence-electron chi connectivity index (χ3n) is 4.11. The third-order valence-corrected chi connectivity index (χ3v) is 4.11. The molecule has 0 saturated heterocycles. The SMILES string of the molecule is NC1CCCCCC1C(=O)NCCCCn1ccnc1. The molecule has 1 heterocycles. The summed E-state index contributed by atoms with van der Waals surface area (Å²) in [4.78, 5) is 16.2. The van der Waals surface area contributed by atoms with Crippen LogP contribution in [0.3, 0.4) is 0 Å². The van der Waals surface area contributed by atoms with Crippen molar-refractivity contribution < 1.29 is 4.79 Å². The molecule has 1 amide bonds. The van der Waals surface area contributed by atoms with E-state index in [1.54, 1.807) is 6.20 Å². The first-order valence-corrected chi connectivity index (χ1v) is 7.76. The van der Waals surface area contributed by atoms with E-state index < -0.39 is 0 Å². The lowest BCUT2D eigenvalue weighted by Gasteiger charge is -2.20. The molecule has 1 aromatic rings. The minimum absolute atomic E-state index is 0.0196. The first kappa shape index (κ1) is 15.0. The average molecular weight is 278 g/mol. The second kappa shape index (κ2) is 8.04. The van der Waals surface area contributed by atoms with Crippen LogP contribution in [0.4, 0.5) is 0 Å². The fourth-order valence-electron chi connectivity index (χ4n) is 2.84. The molecular weight excluding hydrogens is 252 g/mol. The number of nitrogens with one attached hydrogen (secondary N) is 1. The van der Waals surface area contributed by atoms with Crippen LogP contribution in [0.15, 0.2) is 18.7 Å². The lowest BCUT2D eigenvalue weighted by atomic mass is 9.94. The number of hydrogen-bond acceptors (Lipinski definition) is 3. The van der Waals surface area contributed by atoms with E-state index in [1.165, 1.54) is 6.42 Å². The van der Waals surface area contributed by atoms with Crippen LogP contribution in [0, 0.1) is 5.92 Å². The largest absolute Gasteiger partial charge is 0.356 e. The van der Waals surface area contributed by atoms with Gasteiger partial charge in [0.2, 0.25) is 5.91 Å². The summed E-state index contributed by atoms with van der Waals surface area (Å²) in [7, 11) is 0. The van der Waals surface area contributed by atoms with E-state index in [0.29, 0.717) is 0 Å². The van der Waals surface area contributed by atoms with E-state index in [0.717, 1.165) is 51.6 Å². The molecule has 0 aromatic carbocycles. The van der Waals surface area contributed by atoms with E-state index in [-0.39, 0.29) is 17.9 Å². The number of carbonyl (C=O) groups excluding carboxylic acids is 1. The van der Waals surface area contributed by atoms with Crippen molar-refractivity contribution in [2.24, 2.45) is 11.7 Å². The van der Waals surface area contributed by atoms with Gasteiger partial charge in [-0.2, -0.15) is 0 Å². The topological polar surface area (TPSA) is 72.9 Å². The third kappa shape index (κ3) is 4.63. The molecule has 5 heteroatoms. The number of aromatic nitrogens is 2. The molecule has 5 nitrogen and oxygen atoms in total.